The molecule has 6 heteroatoms. The number of hydrogen-bond donors (Lipinski definition) is 1. The third kappa shape index (κ3) is 5.85. The van der Waals surface area contributed by atoms with Gasteiger partial charge in [0.25, 0.3) is 11.8 Å². The predicted molar refractivity (Wildman–Crippen MR) is 116 cm³/mol. The maximum atomic E-state index is 12.7. The second kappa shape index (κ2) is 10.1. The van der Waals surface area contributed by atoms with Gasteiger partial charge >= 0.3 is 0 Å². The summed E-state index contributed by atoms with van der Waals surface area (Å²) in [5, 5.41) is 2.76. The van der Waals surface area contributed by atoms with E-state index in [9.17, 15) is 9.59 Å². The second-order valence-corrected chi connectivity index (χ2v) is 6.74. The molecule has 0 spiro atoms. The van der Waals surface area contributed by atoms with E-state index in [2.05, 4.69) is 5.32 Å². The molecule has 0 heterocycles. The Labute approximate surface area is 176 Å². The van der Waals surface area contributed by atoms with Gasteiger partial charge in [0.1, 0.15) is 11.5 Å². The van der Waals surface area contributed by atoms with Crippen LogP contribution in [0.15, 0.2) is 78.9 Å². The summed E-state index contributed by atoms with van der Waals surface area (Å²) in [5.41, 5.74) is 2.09. The summed E-state index contributed by atoms with van der Waals surface area (Å²) in [7, 11) is 3.34. The van der Waals surface area contributed by atoms with E-state index in [-0.39, 0.29) is 18.4 Å². The number of methoxy groups -OCH3 is 1. The number of carbonyl (C=O) groups is 2. The molecule has 2 amide bonds. The Kier molecular flexibility index (Phi) is 7.05. The Morgan fingerprint density at radius 1 is 0.900 bits per heavy atom. The number of ether oxygens (including phenoxy) is 2. The SMILES string of the molecule is COc1ccc(OCC(=O)Nc2cccc(C(=O)N(C)Cc3ccccc3)c2)cc1. The molecule has 0 aromatic heterocycles. The van der Waals surface area contributed by atoms with Crippen molar-refractivity contribution in [3.8, 4) is 11.5 Å². The monoisotopic (exact) mass is 404 g/mol. The number of hydrogen-bond acceptors (Lipinski definition) is 4. The molecule has 0 saturated carbocycles. The van der Waals surface area contributed by atoms with Crippen LogP contribution in [0.4, 0.5) is 5.69 Å². The van der Waals surface area contributed by atoms with E-state index in [0.717, 1.165) is 5.56 Å². The molecule has 0 aliphatic rings. The van der Waals surface area contributed by atoms with Gasteiger partial charge in [-0.15, -0.1) is 0 Å². The van der Waals surface area contributed by atoms with Gasteiger partial charge in [-0.25, -0.2) is 0 Å². The zero-order chi connectivity index (χ0) is 21.3. The third-order valence-corrected chi connectivity index (χ3v) is 4.43. The molecule has 0 fully saturated rings. The Bertz CT molecular complexity index is 988. The minimum absolute atomic E-state index is 0.121. The number of rotatable bonds is 8. The van der Waals surface area contributed by atoms with Gasteiger partial charge in [-0.05, 0) is 48.0 Å². The van der Waals surface area contributed by atoms with Gasteiger partial charge in [-0.1, -0.05) is 36.4 Å². The Morgan fingerprint density at radius 2 is 1.60 bits per heavy atom. The summed E-state index contributed by atoms with van der Waals surface area (Å²) >= 11 is 0. The van der Waals surface area contributed by atoms with Gasteiger partial charge < -0.3 is 19.7 Å². The van der Waals surface area contributed by atoms with Gasteiger partial charge in [-0.2, -0.15) is 0 Å². The van der Waals surface area contributed by atoms with Gasteiger partial charge in [0.05, 0.1) is 7.11 Å². The van der Waals surface area contributed by atoms with Crippen molar-refractivity contribution in [2.24, 2.45) is 0 Å². The molecule has 154 valence electrons. The lowest BCUT2D eigenvalue weighted by Gasteiger charge is -2.18. The highest BCUT2D eigenvalue weighted by molar-refractivity contribution is 5.97. The predicted octanol–water partition coefficient (Wildman–Crippen LogP) is 3.98. The quantitative estimate of drug-likeness (QED) is 0.617. The molecular formula is C24H24N2O4. The van der Waals surface area contributed by atoms with Crippen molar-refractivity contribution in [2.45, 2.75) is 6.54 Å². The van der Waals surface area contributed by atoms with Gasteiger partial charge in [-0.3, -0.25) is 9.59 Å². The normalized spacial score (nSPS) is 10.2. The number of carbonyl (C=O) groups excluding carboxylic acids is 2. The van der Waals surface area contributed by atoms with E-state index >= 15 is 0 Å². The summed E-state index contributed by atoms with van der Waals surface area (Å²) in [5.74, 6) is 0.848. The lowest BCUT2D eigenvalue weighted by molar-refractivity contribution is -0.118. The largest absolute Gasteiger partial charge is 0.497 e. The summed E-state index contributed by atoms with van der Waals surface area (Å²) in [6, 6.07) is 23.6. The van der Waals surface area contributed by atoms with Gasteiger partial charge in [0.15, 0.2) is 6.61 Å². The molecule has 0 aliphatic carbocycles. The van der Waals surface area contributed by atoms with E-state index in [1.807, 2.05) is 30.3 Å². The highest BCUT2D eigenvalue weighted by atomic mass is 16.5. The van der Waals surface area contributed by atoms with Crippen LogP contribution in [-0.2, 0) is 11.3 Å². The number of nitrogens with zero attached hydrogens (tertiary/aromatic N) is 1. The first kappa shape index (κ1) is 20.9. The zero-order valence-electron chi connectivity index (χ0n) is 17.0. The van der Waals surface area contributed by atoms with Crippen molar-refractivity contribution in [2.75, 3.05) is 26.1 Å². The fourth-order valence-electron chi connectivity index (χ4n) is 2.90. The van der Waals surface area contributed by atoms with Crippen LogP contribution in [-0.4, -0.2) is 37.5 Å². The molecule has 0 aliphatic heterocycles. The van der Waals surface area contributed by atoms with Crippen LogP contribution >= 0.6 is 0 Å². The molecule has 30 heavy (non-hydrogen) atoms. The summed E-state index contributed by atoms with van der Waals surface area (Å²) in [6.07, 6.45) is 0. The number of benzene rings is 3. The molecule has 6 nitrogen and oxygen atoms in total. The van der Waals surface area contributed by atoms with Crippen molar-refractivity contribution >= 4 is 17.5 Å². The number of anilines is 1. The molecule has 0 unspecified atom stereocenters. The zero-order valence-corrected chi connectivity index (χ0v) is 17.0. The Balaban J connectivity index is 1.56. The van der Waals surface area contributed by atoms with Crippen LogP contribution in [0.25, 0.3) is 0 Å². The van der Waals surface area contributed by atoms with Crippen molar-refractivity contribution in [3.63, 3.8) is 0 Å². The van der Waals surface area contributed by atoms with E-state index < -0.39 is 0 Å². The first-order valence-corrected chi connectivity index (χ1v) is 9.51. The van der Waals surface area contributed by atoms with Crippen LogP contribution in [0.1, 0.15) is 15.9 Å². The average molecular weight is 404 g/mol. The van der Waals surface area contributed by atoms with E-state index in [4.69, 9.17) is 9.47 Å². The molecule has 0 bridgehead atoms. The molecule has 0 radical (unpaired) electrons. The highest BCUT2D eigenvalue weighted by Crippen LogP contribution is 2.17. The average Bonchev–Trinajstić information content (AvgIpc) is 2.78. The first-order chi connectivity index (χ1) is 14.5. The van der Waals surface area contributed by atoms with Crippen LogP contribution in [0.3, 0.4) is 0 Å². The molecule has 3 aromatic carbocycles. The van der Waals surface area contributed by atoms with Crippen LogP contribution in [0, 0.1) is 0 Å². The first-order valence-electron chi connectivity index (χ1n) is 9.51. The summed E-state index contributed by atoms with van der Waals surface area (Å²) < 4.78 is 10.6. The molecule has 3 aromatic rings. The lowest BCUT2D eigenvalue weighted by atomic mass is 10.1. The number of nitrogens with one attached hydrogen (secondary N) is 1. The van der Waals surface area contributed by atoms with Gasteiger partial charge in [0, 0.05) is 24.8 Å². The van der Waals surface area contributed by atoms with Crippen LogP contribution in [0.5, 0.6) is 11.5 Å². The second-order valence-electron chi connectivity index (χ2n) is 6.74. The molecule has 1 N–H and O–H groups in total. The fraction of sp³-hybridized carbons (Fsp3) is 0.167. The summed E-state index contributed by atoms with van der Waals surface area (Å²) in [4.78, 5) is 26.6. The van der Waals surface area contributed by atoms with Crippen molar-refractivity contribution in [1.29, 1.82) is 0 Å². The Hall–Kier alpha value is -3.80. The topological polar surface area (TPSA) is 67.9 Å². The molecular weight excluding hydrogens is 380 g/mol. The van der Waals surface area contributed by atoms with E-state index in [1.54, 1.807) is 67.6 Å². The minimum Gasteiger partial charge on any atom is -0.497 e. The highest BCUT2D eigenvalue weighted by Gasteiger charge is 2.13. The maximum absolute atomic E-state index is 12.7. The van der Waals surface area contributed by atoms with Gasteiger partial charge in [0.2, 0.25) is 0 Å². The molecule has 0 atom stereocenters. The van der Waals surface area contributed by atoms with Crippen molar-refractivity contribution in [3.05, 3.63) is 90.0 Å². The fourth-order valence-corrected chi connectivity index (χ4v) is 2.90. The third-order valence-electron chi connectivity index (χ3n) is 4.43. The smallest absolute Gasteiger partial charge is 0.262 e. The Morgan fingerprint density at radius 3 is 2.30 bits per heavy atom. The molecule has 0 saturated heterocycles. The van der Waals surface area contributed by atoms with E-state index in [0.29, 0.717) is 29.3 Å². The maximum Gasteiger partial charge on any atom is 0.262 e. The molecule has 3 rings (SSSR count). The van der Waals surface area contributed by atoms with Crippen molar-refractivity contribution in [1.82, 2.24) is 4.90 Å². The van der Waals surface area contributed by atoms with Crippen molar-refractivity contribution < 1.29 is 19.1 Å². The van der Waals surface area contributed by atoms with Crippen LogP contribution < -0.4 is 14.8 Å². The minimum atomic E-state index is -0.312. The standard InChI is InChI=1S/C24H24N2O4/c1-26(16-18-7-4-3-5-8-18)24(28)19-9-6-10-20(15-19)25-23(27)17-30-22-13-11-21(29-2)12-14-22/h3-15H,16-17H2,1-2H3,(H,25,27). The van der Waals surface area contributed by atoms with E-state index in [1.165, 1.54) is 0 Å². The summed E-state index contributed by atoms with van der Waals surface area (Å²) in [6.45, 7) is 0.365. The number of amides is 2. The lowest BCUT2D eigenvalue weighted by Crippen LogP contribution is -2.26. The van der Waals surface area contributed by atoms with Crippen LogP contribution in [0.2, 0.25) is 0 Å².